The van der Waals surface area contributed by atoms with Crippen LogP contribution < -0.4 is 10.6 Å². The highest BCUT2D eigenvalue weighted by molar-refractivity contribution is 5.66. The number of benzene rings is 1. The summed E-state index contributed by atoms with van der Waals surface area (Å²) >= 11 is 0. The van der Waals surface area contributed by atoms with Gasteiger partial charge in [-0.25, -0.2) is 9.97 Å². The molecule has 2 heterocycles. The van der Waals surface area contributed by atoms with Crippen molar-refractivity contribution in [2.75, 3.05) is 64.0 Å². The molecule has 0 atom stereocenters. The van der Waals surface area contributed by atoms with E-state index in [-0.39, 0.29) is 6.61 Å². The number of nitrogen functional groups attached to an aromatic ring is 1. The fourth-order valence-corrected chi connectivity index (χ4v) is 3.11. The van der Waals surface area contributed by atoms with Gasteiger partial charge in [0.25, 0.3) is 0 Å². The van der Waals surface area contributed by atoms with E-state index in [1.54, 1.807) is 6.20 Å². The van der Waals surface area contributed by atoms with E-state index in [1.807, 2.05) is 24.3 Å². The van der Waals surface area contributed by atoms with Gasteiger partial charge in [-0.05, 0) is 25.7 Å². The molecule has 0 radical (unpaired) electrons. The summed E-state index contributed by atoms with van der Waals surface area (Å²) in [6.45, 7) is 5.95. The van der Waals surface area contributed by atoms with E-state index >= 15 is 0 Å². The first-order valence-corrected chi connectivity index (χ1v) is 9.01. The number of piperazine rings is 1. The van der Waals surface area contributed by atoms with Gasteiger partial charge < -0.3 is 20.6 Å². The van der Waals surface area contributed by atoms with E-state index in [1.165, 1.54) is 0 Å². The molecule has 0 amide bonds. The third kappa shape index (κ3) is 4.49. The maximum atomic E-state index is 9.34. The van der Waals surface area contributed by atoms with Gasteiger partial charge in [0.15, 0.2) is 11.6 Å². The molecule has 3 rings (SSSR count). The molecule has 0 saturated carbocycles. The highest BCUT2D eigenvalue weighted by atomic mass is 16.3. The van der Waals surface area contributed by atoms with Crippen molar-refractivity contribution in [1.29, 1.82) is 0 Å². The predicted octanol–water partition coefficient (Wildman–Crippen LogP) is 0.902. The summed E-state index contributed by atoms with van der Waals surface area (Å²) in [6, 6.07) is 7.72. The minimum atomic E-state index is 0.0119. The molecule has 0 unspecified atom stereocenters. The van der Waals surface area contributed by atoms with Crippen LogP contribution in [0.5, 0.6) is 0 Å². The number of hydrogen-bond donors (Lipinski definition) is 2. The lowest BCUT2D eigenvalue weighted by molar-refractivity contribution is 0.229. The Bertz CT molecular complexity index is 728. The zero-order chi connectivity index (χ0) is 18.5. The van der Waals surface area contributed by atoms with E-state index < -0.39 is 0 Å². The number of aliphatic hydroxyl groups excluding tert-OH is 1. The average Bonchev–Trinajstić information content (AvgIpc) is 2.67. The number of likely N-dealkylation sites (N-methyl/N-ethyl adjacent to an activating group) is 1. The molecule has 0 spiro atoms. The molecule has 0 bridgehead atoms. The van der Waals surface area contributed by atoms with Crippen molar-refractivity contribution in [3.05, 3.63) is 36.0 Å². The quantitative estimate of drug-likeness (QED) is 0.796. The average molecular weight is 356 g/mol. The minimum absolute atomic E-state index is 0.0119. The summed E-state index contributed by atoms with van der Waals surface area (Å²) < 4.78 is 0. The van der Waals surface area contributed by atoms with Crippen molar-refractivity contribution < 1.29 is 5.11 Å². The second-order valence-electron chi connectivity index (χ2n) is 6.95. The maximum Gasteiger partial charge on any atom is 0.172 e. The van der Waals surface area contributed by atoms with Gasteiger partial charge in [-0.2, -0.15) is 0 Å². The molecule has 26 heavy (non-hydrogen) atoms. The number of aromatic nitrogens is 2. The lowest BCUT2D eigenvalue weighted by atomic mass is 10.1. The van der Waals surface area contributed by atoms with Crippen molar-refractivity contribution in [2.24, 2.45) is 0 Å². The third-order valence-electron chi connectivity index (χ3n) is 4.72. The van der Waals surface area contributed by atoms with Crippen LogP contribution in [0, 0.1) is 0 Å². The van der Waals surface area contributed by atoms with Crippen LogP contribution in [0.3, 0.4) is 0 Å². The van der Waals surface area contributed by atoms with Gasteiger partial charge in [0, 0.05) is 44.8 Å². The zero-order valence-electron chi connectivity index (χ0n) is 15.6. The summed E-state index contributed by atoms with van der Waals surface area (Å²) in [5, 5.41) is 9.34. The van der Waals surface area contributed by atoms with Crippen LogP contribution in [-0.4, -0.2) is 78.2 Å². The molecule has 1 aliphatic rings. The standard InChI is InChI=1S/C19H28N6O/c1-23(2)6-7-24-8-10-25(11-9-24)19-18(20)21-13-17(22-19)16-5-3-4-15(12-16)14-26/h3-5,12-13,26H,6-11,14H2,1-2H3,(H2,20,21). The van der Waals surface area contributed by atoms with E-state index in [4.69, 9.17) is 10.7 Å². The third-order valence-corrected chi connectivity index (χ3v) is 4.72. The summed E-state index contributed by atoms with van der Waals surface area (Å²) in [5.74, 6) is 1.22. The monoisotopic (exact) mass is 356 g/mol. The highest BCUT2D eigenvalue weighted by Crippen LogP contribution is 2.25. The number of aliphatic hydroxyl groups is 1. The maximum absolute atomic E-state index is 9.34. The number of nitrogens with two attached hydrogens (primary N) is 1. The van der Waals surface area contributed by atoms with Crippen LogP contribution >= 0.6 is 0 Å². The van der Waals surface area contributed by atoms with Crippen molar-refractivity contribution >= 4 is 11.6 Å². The van der Waals surface area contributed by atoms with E-state index in [9.17, 15) is 5.11 Å². The molecule has 7 nitrogen and oxygen atoms in total. The molecular weight excluding hydrogens is 328 g/mol. The molecule has 3 N–H and O–H groups in total. The van der Waals surface area contributed by atoms with E-state index in [2.05, 4.69) is 33.8 Å². The van der Waals surface area contributed by atoms with Crippen LogP contribution in [-0.2, 0) is 6.61 Å². The van der Waals surface area contributed by atoms with Gasteiger partial charge in [-0.3, -0.25) is 4.90 Å². The van der Waals surface area contributed by atoms with Crippen molar-refractivity contribution in [1.82, 2.24) is 19.8 Å². The summed E-state index contributed by atoms with van der Waals surface area (Å²) in [5.41, 5.74) is 8.69. The Morgan fingerprint density at radius 1 is 1.19 bits per heavy atom. The molecule has 1 aromatic heterocycles. The molecule has 7 heteroatoms. The summed E-state index contributed by atoms with van der Waals surface area (Å²) in [7, 11) is 4.20. The van der Waals surface area contributed by atoms with Crippen LogP contribution in [0.2, 0.25) is 0 Å². The van der Waals surface area contributed by atoms with E-state index in [0.717, 1.165) is 61.9 Å². The molecule has 1 aromatic carbocycles. The highest BCUT2D eigenvalue weighted by Gasteiger charge is 2.20. The van der Waals surface area contributed by atoms with Gasteiger partial charge in [0.2, 0.25) is 0 Å². The van der Waals surface area contributed by atoms with Gasteiger partial charge in [-0.15, -0.1) is 0 Å². The minimum Gasteiger partial charge on any atom is -0.392 e. The zero-order valence-corrected chi connectivity index (χ0v) is 15.6. The van der Waals surface area contributed by atoms with Gasteiger partial charge in [0.05, 0.1) is 18.5 Å². The Kier molecular flexibility index (Phi) is 6.03. The Labute approximate surface area is 155 Å². The fraction of sp³-hybridized carbons (Fsp3) is 0.474. The lowest BCUT2D eigenvalue weighted by Gasteiger charge is -2.36. The Hall–Kier alpha value is -2.22. The van der Waals surface area contributed by atoms with Gasteiger partial charge in [-0.1, -0.05) is 18.2 Å². The lowest BCUT2D eigenvalue weighted by Crippen LogP contribution is -2.48. The second kappa shape index (κ2) is 8.44. The molecular formula is C19H28N6O. The molecule has 1 saturated heterocycles. The van der Waals surface area contributed by atoms with Gasteiger partial charge in [0.1, 0.15) is 0 Å². The first-order valence-electron chi connectivity index (χ1n) is 9.01. The molecule has 0 aliphatic carbocycles. The van der Waals surface area contributed by atoms with Gasteiger partial charge >= 0.3 is 0 Å². The number of nitrogens with zero attached hydrogens (tertiary/aromatic N) is 5. The number of hydrogen-bond acceptors (Lipinski definition) is 7. The first-order chi connectivity index (χ1) is 12.6. The van der Waals surface area contributed by atoms with Crippen molar-refractivity contribution in [3.63, 3.8) is 0 Å². The molecule has 2 aromatic rings. The fourth-order valence-electron chi connectivity index (χ4n) is 3.11. The Balaban J connectivity index is 1.72. The van der Waals surface area contributed by atoms with Crippen molar-refractivity contribution in [2.45, 2.75) is 6.61 Å². The molecule has 1 aliphatic heterocycles. The van der Waals surface area contributed by atoms with Crippen LogP contribution in [0.1, 0.15) is 5.56 Å². The number of rotatable bonds is 6. The molecule has 1 fully saturated rings. The smallest absolute Gasteiger partial charge is 0.172 e. The topological polar surface area (TPSA) is 81.8 Å². The van der Waals surface area contributed by atoms with Crippen LogP contribution in [0.4, 0.5) is 11.6 Å². The number of anilines is 2. The Morgan fingerprint density at radius 2 is 1.96 bits per heavy atom. The normalized spacial score (nSPS) is 15.6. The largest absolute Gasteiger partial charge is 0.392 e. The summed E-state index contributed by atoms with van der Waals surface area (Å²) in [6.07, 6.45) is 1.70. The second-order valence-corrected chi connectivity index (χ2v) is 6.95. The SMILES string of the molecule is CN(C)CCN1CCN(c2nc(-c3cccc(CO)c3)cnc2N)CC1. The van der Waals surface area contributed by atoms with Crippen LogP contribution in [0.25, 0.3) is 11.3 Å². The predicted molar refractivity (Wildman–Crippen MR) is 105 cm³/mol. The first kappa shape index (κ1) is 18.6. The molecule has 140 valence electrons. The Morgan fingerprint density at radius 3 is 2.65 bits per heavy atom. The van der Waals surface area contributed by atoms with E-state index in [0.29, 0.717) is 5.82 Å². The summed E-state index contributed by atoms with van der Waals surface area (Å²) in [4.78, 5) is 16.0. The van der Waals surface area contributed by atoms with Crippen LogP contribution in [0.15, 0.2) is 30.5 Å². The van der Waals surface area contributed by atoms with Crippen molar-refractivity contribution in [3.8, 4) is 11.3 Å².